The van der Waals surface area contributed by atoms with Gasteiger partial charge in [-0.3, -0.25) is 4.98 Å². The molecule has 6 heteroatoms. The van der Waals surface area contributed by atoms with Crippen molar-refractivity contribution in [2.45, 2.75) is 13.3 Å². The Bertz CT molecular complexity index is 536. The Morgan fingerprint density at radius 3 is 2.88 bits per heavy atom. The lowest BCUT2D eigenvalue weighted by atomic mass is 10.3. The molecule has 0 bridgehead atoms. The topological polar surface area (TPSA) is 47.9 Å². The molecule has 0 unspecified atom stereocenters. The van der Waals surface area contributed by atoms with Gasteiger partial charge in [0, 0.05) is 10.7 Å². The van der Waals surface area contributed by atoms with E-state index in [0.29, 0.717) is 17.9 Å². The van der Waals surface area contributed by atoms with Crippen LogP contribution in [0.5, 0.6) is 11.6 Å². The molecule has 0 aliphatic carbocycles. The zero-order valence-electron chi connectivity index (χ0n) is 9.02. The van der Waals surface area contributed by atoms with Crippen molar-refractivity contribution in [3.8, 4) is 11.6 Å². The summed E-state index contributed by atoms with van der Waals surface area (Å²) >= 11 is 3.25. The van der Waals surface area contributed by atoms with Gasteiger partial charge in [-0.1, -0.05) is 6.92 Å². The first kappa shape index (κ1) is 11.9. The first-order valence-electron chi connectivity index (χ1n) is 4.98. The van der Waals surface area contributed by atoms with Gasteiger partial charge in [0.05, 0.1) is 11.9 Å². The lowest BCUT2D eigenvalue weighted by molar-refractivity contribution is 0.413. The van der Waals surface area contributed by atoms with Crippen molar-refractivity contribution < 1.29 is 9.13 Å². The lowest BCUT2D eigenvalue weighted by Gasteiger charge is -2.06. The summed E-state index contributed by atoms with van der Waals surface area (Å²) in [6.45, 7) is 1.82. The molecule has 2 aromatic heterocycles. The number of pyridine rings is 1. The van der Waals surface area contributed by atoms with Crippen molar-refractivity contribution in [1.82, 2.24) is 15.0 Å². The third-order valence-corrected chi connectivity index (χ3v) is 2.49. The molecule has 0 radical (unpaired) electrons. The molecule has 0 N–H and O–H groups in total. The van der Waals surface area contributed by atoms with E-state index >= 15 is 0 Å². The molecule has 0 aromatic carbocycles. The van der Waals surface area contributed by atoms with Crippen LogP contribution >= 0.6 is 15.9 Å². The molecule has 2 rings (SSSR count). The van der Waals surface area contributed by atoms with Gasteiger partial charge in [0.15, 0.2) is 0 Å². The number of ether oxygens (including phenoxy) is 1. The smallest absolute Gasteiger partial charge is 0.259 e. The van der Waals surface area contributed by atoms with Crippen LogP contribution in [0.1, 0.15) is 12.6 Å². The Kier molecular flexibility index (Phi) is 3.63. The van der Waals surface area contributed by atoms with Gasteiger partial charge in [-0.25, -0.2) is 4.98 Å². The number of aromatic nitrogens is 3. The molecule has 0 aliphatic heterocycles. The van der Waals surface area contributed by atoms with E-state index in [1.807, 2.05) is 6.92 Å². The Labute approximate surface area is 106 Å². The first-order chi connectivity index (χ1) is 8.20. The maximum Gasteiger partial charge on any atom is 0.259 e. The third kappa shape index (κ3) is 2.76. The highest BCUT2D eigenvalue weighted by molar-refractivity contribution is 9.10. The molecular weight excluding hydrogens is 289 g/mol. The highest BCUT2D eigenvalue weighted by atomic mass is 79.9. The maximum absolute atomic E-state index is 13.8. The number of nitrogens with zero attached hydrogens (tertiary/aromatic N) is 3. The number of halogens is 2. The third-order valence-electron chi connectivity index (χ3n) is 2.06. The zero-order chi connectivity index (χ0) is 12.3. The van der Waals surface area contributed by atoms with Crippen LogP contribution in [0.4, 0.5) is 4.39 Å². The normalized spacial score (nSPS) is 10.3. The second-order valence-electron chi connectivity index (χ2n) is 3.23. The van der Waals surface area contributed by atoms with Gasteiger partial charge in [-0.05, 0) is 28.4 Å². The van der Waals surface area contributed by atoms with Crippen molar-refractivity contribution in [3.63, 3.8) is 0 Å². The van der Waals surface area contributed by atoms with Crippen LogP contribution in [0, 0.1) is 5.82 Å². The molecule has 0 aliphatic rings. The number of aryl methyl sites for hydroxylation is 1. The minimum Gasteiger partial charge on any atom is -0.435 e. The SMILES string of the molecule is CCc1ncnc(Oc2cncc(Br)c2)c1F. The van der Waals surface area contributed by atoms with Gasteiger partial charge in [0.25, 0.3) is 5.88 Å². The van der Waals surface area contributed by atoms with Gasteiger partial charge >= 0.3 is 0 Å². The summed E-state index contributed by atoms with van der Waals surface area (Å²) in [6.07, 6.45) is 4.86. The van der Waals surface area contributed by atoms with Crippen molar-refractivity contribution in [2.24, 2.45) is 0 Å². The Morgan fingerprint density at radius 1 is 1.35 bits per heavy atom. The molecule has 2 aromatic rings. The Morgan fingerprint density at radius 2 is 2.18 bits per heavy atom. The summed E-state index contributed by atoms with van der Waals surface area (Å²) in [4.78, 5) is 11.5. The fourth-order valence-electron chi connectivity index (χ4n) is 1.27. The van der Waals surface area contributed by atoms with Crippen LogP contribution in [-0.2, 0) is 6.42 Å². The van der Waals surface area contributed by atoms with E-state index in [0.717, 1.165) is 4.47 Å². The van der Waals surface area contributed by atoms with Crippen LogP contribution < -0.4 is 4.74 Å². The number of hydrogen-bond acceptors (Lipinski definition) is 4. The van der Waals surface area contributed by atoms with E-state index in [1.54, 1.807) is 12.3 Å². The molecule has 2 heterocycles. The highest BCUT2D eigenvalue weighted by Gasteiger charge is 2.11. The average Bonchev–Trinajstić information content (AvgIpc) is 2.32. The van der Waals surface area contributed by atoms with Gasteiger partial charge in [-0.15, -0.1) is 0 Å². The minimum atomic E-state index is -0.532. The van der Waals surface area contributed by atoms with Crippen molar-refractivity contribution >= 4 is 15.9 Å². The quantitative estimate of drug-likeness (QED) is 0.873. The van der Waals surface area contributed by atoms with Crippen LogP contribution in [0.25, 0.3) is 0 Å². The average molecular weight is 298 g/mol. The lowest BCUT2D eigenvalue weighted by Crippen LogP contribution is -1.99. The van der Waals surface area contributed by atoms with E-state index < -0.39 is 5.82 Å². The highest BCUT2D eigenvalue weighted by Crippen LogP contribution is 2.24. The van der Waals surface area contributed by atoms with E-state index in [9.17, 15) is 4.39 Å². The molecule has 0 fully saturated rings. The molecule has 0 saturated heterocycles. The van der Waals surface area contributed by atoms with Crippen molar-refractivity contribution in [3.05, 3.63) is 40.8 Å². The fraction of sp³-hybridized carbons (Fsp3) is 0.182. The summed E-state index contributed by atoms with van der Waals surface area (Å²) in [5.41, 5.74) is 0.331. The monoisotopic (exact) mass is 297 g/mol. The summed E-state index contributed by atoms with van der Waals surface area (Å²) < 4.78 is 19.8. The number of hydrogen-bond donors (Lipinski definition) is 0. The van der Waals surface area contributed by atoms with Crippen molar-refractivity contribution in [2.75, 3.05) is 0 Å². The minimum absolute atomic E-state index is 0.0863. The fourth-order valence-corrected chi connectivity index (χ4v) is 1.61. The Hall–Kier alpha value is -1.56. The molecule has 17 heavy (non-hydrogen) atoms. The second-order valence-corrected chi connectivity index (χ2v) is 4.15. The summed E-state index contributed by atoms with van der Waals surface area (Å²) in [6, 6.07) is 1.68. The summed E-state index contributed by atoms with van der Waals surface area (Å²) in [7, 11) is 0. The van der Waals surface area contributed by atoms with E-state index in [4.69, 9.17) is 4.74 Å². The van der Waals surface area contributed by atoms with Gasteiger partial charge < -0.3 is 4.74 Å². The maximum atomic E-state index is 13.8. The molecule has 0 saturated carbocycles. The van der Waals surface area contributed by atoms with E-state index in [1.165, 1.54) is 12.5 Å². The van der Waals surface area contributed by atoms with E-state index in [2.05, 4.69) is 30.9 Å². The molecule has 0 atom stereocenters. The van der Waals surface area contributed by atoms with Gasteiger partial charge in [0.1, 0.15) is 12.1 Å². The first-order valence-corrected chi connectivity index (χ1v) is 5.77. The molecule has 88 valence electrons. The predicted octanol–water partition coefficient (Wildman–Crippen LogP) is 3.13. The largest absolute Gasteiger partial charge is 0.435 e. The van der Waals surface area contributed by atoms with Crippen LogP contribution in [0.3, 0.4) is 0 Å². The molecular formula is C11H9BrFN3O. The predicted molar refractivity (Wildman–Crippen MR) is 63.4 cm³/mol. The van der Waals surface area contributed by atoms with Gasteiger partial charge in [-0.2, -0.15) is 9.37 Å². The molecule has 0 spiro atoms. The number of rotatable bonds is 3. The van der Waals surface area contributed by atoms with Crippen LogP contribution in [0.15, 0.2) is 29.3 Å². The zero-order valence-corrected chi connectivity index (χ0v) is 10.6. The van der Waals surface area contributed by atoms with Crippen LogP contribution in [-0.4, -0.2) is 15.0 Å². The summed E-state index contributed by atoms with van der Waals surface area (Å²) in [5.74, 6) is -0.203. The Balaban J connectivity index is 2.30. The molecule has 4 nitrogen and oxygen atoms in total. The molecule has 0 amide bonds. The van der Waals surface area contributed by atoms with Crippen LogP contribution in [0.2, 0.25) is 0 Å². The van der Waals surface area contributed by atoms with E-state index in [-0.39, 0.29) is 5.88 Å². The summed E-state index contributed by atoms with van der Waals surface area (Å²) in [5, 5.41) is 0. The second kappa shape index (κ2) is 5.18. The standard InChI is InChI=1S/C11H9BrFN3O/c1-2-9-10(13)11(16-6-15-9)17-8-3-7(12)4-14-5-8/h3-6H,2H2,1H3. The van der Waals surface area contributed by atoms with Crippen molar-refractivity contribution in [1.29, 1.82) is 0 Å². The van der Waals surface area contributed by atoms with Gasteiger partial charge in [0.2, 0.25) is 5.82 Å².